The molecule has 0 saturated carbocycles. The third-order valence-corrected chi connectivity index (χ3v) is 2.99. The lowest BCUT2D eigenvalue weighted by atomic mass is 10.0. The molecule has 1 atom stereocenters. The zero-order chi connectivity index (χ0) is 13.1. The fourth-order valence-electron chi connectivity index (χ4n) is 2.13. The maximum Gasteiger partial charge on any atom is 0.242 e. The van der Waals surface area contributed by atoms with Crippen LogP contribution in [-0.2, 0) is 11.3 Å². The van der Waals surface area contributed by atoms with E-state index in [2.05, 4.69) is 20.8 Å². The summed E-state index contributed by atoms with van der Waals surface area (Å²) < 4.78 is 6.94. The van der Waals surface area contributed by atoms with E-state index in [-0.39, 0.29) is 18.5 Å². The molecule has 1 amide bonds. The van der Waals surface area contributed by atoms with E-state index in [1.54, 1.807) is 0 Å². The van der Waals surface area contributed by atoms with Gasteiger partial charge in [-0.3, -0.25) is 4.79 Å². The third kappa shape index (κ3) is 2.54. The predicted molar refractivity (Wildman–Crippen MR) is 65.3 cm³/mol. The van der Waals surface area contributed by atoms with Crippen LogP contribution in [0.1, 0.15) is 18.0 Å². The highest BCUT2D eigenvalue weighted by Gasteiger charge is 2.22. The Morgan fingerprint density at radius 1 is 1.47 bits per heavy atom. The smallest absolute Gasteiger partial charge is 0.242 e. The minimum Gasteiger partial charge on any atom is -0.493 e. The molecule has 1 unspecified atom stereocenters. The second-order valence-corrected chi connectivity index (χ2v) is 4.30. The Bertz CT molecular complexity index is 569. The Kier molecular flexibility index (Phi) is 3.09. The minimum atomic E-state index is -0.117. The van der Waals surface area contributed by atoms with Crippen LogP contribution < -0.4 is 10.1 Å². The number of carbonyl (C=O) groups is 1. The van der Waals surface area contributed by atoms with Crippen molar-refractivity contribution in [3.8, 4) is 5.75 Å². The maximum atomic E-state index is 11.9. The van der Waals surface area contributed by atoms with Crippen molar-refractivity contribution < 1.29 is 9.53 Å². The van der Waals surface area contributed by atoms with Crippen molar-refractivity contribution in [2.75, 3.05) is 6.61 Å². The topological polar surface area (TPSA) is 81.9 Å². The van der Waals surface area contributed by atoms with Crippen molar-refractivity contribution in [3.63, 3.8) is 0 Å². The van der Waals surface area contributed by atoms with Gasteiger partial charge in [0.15, 0.2) is 0 Å². The molecule has 1 N–H and O–H groups in total. The molecule has 1 aromatic heterocycles. The molecular formula is C12H13N5O2. The summed E-state index contributed by atoms with van der Waals surface area (Å²) >= 11 is 0. The van der Waals surface area contributed by atoms with Crippen molar-refractivity contribution in [2.45, 2.75) is 19.0 Å². The van der Waals surface area contributed by atoms with Gasteiger partial charge >= 0.3 is 0 Å². The molecule has 1 aliphatic heterocycles. The number of para-hydroxylation sites is 1. The summed E-state index contributed by atoms with van der Waals surface area (Å²) in [5, 5.41) is 13.6. The monoisotopic (exact) mass is 259 g/mol. The molecule has 0 fully saturated rings. The van der Waals surface area contributed by atoms with Gasteiger partial charge < -0.3 is 10.1 Å². The highest BCUT2D eigenvalue weighted by Crippen LogP contribution is 2.31. The van der Waals surface area contributed by atoms with Crippen LogP contribution in [0.15, 0.2) is 30.6 Å². The number of carbonyl (C=O) groups excluding carboxylic acids is 1. The zero-order valence-corrected chi connectivity index (χ0v) is 10.2. The van der Waals surface area contributed by atoms with Crippen LogP contribution >= 0.6 is 0 Å². The number of tetrazole rings is 1. The van der Waals surface area contributed by atoms with E-state index < -0.39 is 0 Å². The van der Waals surface area contributed by atoms with Gasteiger partial charge in [0.05, 0.1) is 12.6 Å². The SMILES string of the molecule is O=C(Cn1cnnn1)NC1CCOc2ccccc21. The fraction of sp³-hybridized carbons (Fsp3) is 0.333. The maximum absolute atomic E-state index is 11.9. The number of benzene rings is 1. The summed E-state index contributed by atoms with van der Waals surface area (Å²) in [6.45, 7) is 0.722. The highest BCUT2D eigenvalue weighted by molar-refractivity contribution is 5.76. The van der Waals surface area contributed by atoms with Crippen LogP contribution in [0.3, 0.4) is 0 Å². The Labute approximate surface area is 109 Å². The van der Waals surface area contributed by atoms with Gasteiger partial charge in [-0.25, -0.2) is 4.68 Å². The molecule has 19 heavy (non-hydrogen) atoms. The second-order valence-electron chi connectivity index (χ2n) is 4.30. The lowest BCUT2D eigenvalue weighted by Gasteiger charge is -2.26. The van der Waals surface area contributed by atoms with Crippen molar-refractivity contribution >= 4 is 5.91 Å². The number of hydrogen-bond donors (Lipinski definition) is 1. The third-order valence-electron chi connectivity index (χ3n) is 2.99. The number of rotatable bonds is 3. The Balaban J connectivity index is 1.69. The first-order chi connectivity index (χ1) is 9.33. The minimum absolute atomic E-state index is 0.0195. The number of ether oxygens (including phenoxy) is 1. The van der Waals surface area contributed by atoms with E-state index >= 15 is 0 Å². The summed E-state index contributed by atoms with van der Waals surface area (Å²) in [6.07, 6.45) is 2.18. The molecule has 3 rings (SSSR count). The Morgan fingerprint density at radius 3 is 3.21 bits per heavy atom. The van der Waals surface area contributed by atoms with Gasteiger partial charge in [-0.1, -0.05) is 18.2 Å². The van der Waals surface area contributed by atoms with Gasteiger partial charge in [0, 0.05) is 12.0 Å². The van der Waals surface area contributed by atoms with Crippen LogP contribution in [0.4, 0.5) is 0 Å². The average Bonchev–Trinajstić information content (AvgIpc) is 2.92. The molecule has 98 valence electrons. The summed E-state index contributed by atoms with van der Waals surface area (Å²) in [6, 6.07) is 7.72. The number of nitrogens with one attached hydrogen (secondary N) is 1. The summed E-state index contributed by atoms with van der Waals surface area (Å²) in [5.74, 6) is 0.718. The van der Waals surface area contributed by atoms with Crippen LogP contribution in [0, 0.1) is 0 Å². The molecule has 7 heteroatoms. The number of amides is 1. The normalized spacial score (nSPS) is 17.4. The summed E-state index contributed by atoms with van der Waals surface area (Å²) in [5.41, 5.74) is 1.01. The Hall–Kier alpha value is -2.44. The van der Waals surface area contributed by atoms with Gasteiger partial charge in [0.2, 0.25) is 5.91 Å². The van der Waals surface area contributed by atoms with Crippen molar-refractivity contribution in [3.05, 3.63) is 36.2 Å². The molecule has 1 aliphatic rings. The van der Waals surface area contributed by atoms with E-state index in [4.69, 9.17) is 4.74 Å². The molecule has 0 bridgehead atoms. The standard InChI is InChI=1S/C12H13N5O2/c18-12(7-17-8-13-15-16-17)14-10-5-6-19-11-4-2-1-3-9(10)11/h1-4,8,10H,5-7H2,(H,14,18). The van der Waals surface area contributed by atoms with Gasteiger partial charge in [-0.2, -0.15) is 0 Å². The molecule has 2 heterocycles. The molecule has 1 aromatic carbocycles. The van der Waals surface area contributed by atoms with Crippen molar-refractivity contribution in [1.29, 1.82) is 0 Å². The van der Waals surface area contributed by atoms with E-state index in [1.165, 1.54) is 11.0 Å². The summed E-state index contributed by atoms with van der Waals surface area (Å²) in [4.78, 5) is 11.9. The second kappa shape index (κ2) is 5.05. The molecule has 2 aromatic rings. The van der Waals surface area contributed by atoms with E-state index in [1.807, 2.05) is 24.3 Å². The molecule has 0 spiro atoms. The van der Waals surface area contributed by atoms with Crippen molar-refractivity contribution in [2.24, 2.45) is 0 Å². The number of fused-ring (bicyclic) bond motifs is 1. The van der Waals surface area contributed by atoms with Gasteiger partial charge in [-0.15, -0.1) is 5.10 Å². The molecule has 0 radical (unpaired) electrons. The first kappa shape index (κ1) is 11.6. The Morgan fingerprint density at radius 2 is 2.37 bits per heavy atom. The number of hydrogen-bond acceptors (Lipinski definition) is 5. The van der Waals surface area contributed by atoms with E-state index in [0.717, 1.165) is 17.7 Å². The number of aromatic nitrogens is 4. The zero-order valence-electron chi connectivity index (χ0n) is 10.2. The van der Waals surface area contributed by atoms with Crippen molar-refractivity contribution in [1.82, 2.24) is 25.5 Å². The van der Waals surface area contributed by atoms with Gasteiger partial charge in [-0.05, 0) is 16.5 Å². The van der Waals surface area contributed by atoms with Gasteiger partial charge in [0.1, 0.15) is 18.6 Å². The van der Waals surface area contributed by atoms with E-state index in [9.17, 15) is 4.79 Å². The first-order valence-corrected chi connectivity index (χ1v) is 6.05. The quantitative estimate of drug-likeness (QED) is 0.858. The molecular weight excluding hydrogens is 246 g/mol. The predicted octanol–water partition coefficient (Wildman–Crippen LogP) is 0.313. The number of nitrogens with zero attached hydrogens (tertiary/aromatic N) is 4. The van der Waals surface area contributed by atoms with E-state index in [0.29, 0.717) is 6.61 Å². The first-order valence-electron chi connectivity index (χ1n) is 6.05. The van der Waals surface area contributed by atoms with Gasteiger partial charge in [0.25, 0.3) is 0 Å². The largest absolute Gasteiger partial charge is 0.493 e. The molecule has 0 aliphatic carbocycles. The average molecular weight is 259 g/mol. The van der Waals surface area contributed by atoms with Crippen LogP contribution in [0.5, 0.6) is 5.75 Å². The van der Waals surface area contributed by atoms with Crippen LogP contribution in [0.25, 0.3) is 0 Å². The highest BCUT2D eigenvalue weighted by atomic mass is 16.5. The summed E-state index contributed by atoms with van der Waals surface area (Å²) in [7, 11) is 0. The van der Waals surface area contributed by atoms with Crippen LogP contribution in [-0.4, -0.2) is 32.7 Å². The fourth-order valence-corrected chi connectivity index (χ4v) is 2.13. The molecule has 7 nitrogen and oxygen atoms in total. The lowest BCUT2D eigenvalue weighted by Crippen LogP contribution is -2.34. The lowest BCUT2D eigenvalue weighted by molar-refractivity contribution is -0.122. The molecule has 0 saturated heterocycles. The van der Waals surface area contributed by atoms with Crippen LogP contribution in [0.2, 0.25) is 0 Å².